The van der Waals surface area contributed by atoms with Crippen molar-refractivity contribution in [1.82, 2.24) is 4.98 Å². The van der Waals surface area contributed by atoms with Gasteiger partial charge in [0, 0.05) is 6.20 Å². The average molecular weight is 155 g/mol. The topological polar surface area (TPSA) is 62.6 Å². The minimum atomic E-state index is -1.58. The van der Waals surface area contributed by atoms with E-state index in [0.29, 0.717) is 5.75 Å². The van der Waals surface area contributed by atoms with E-state index in [1.807, 2.05) is 0 Å². The van der Waals surface area contributed by atoms with Crippen molar-refractivity contribution >= 4 is 0 Å². The molecule has 0 radical (unpaired) electrons. The van der Waals surface area contributed by atoms with E-state index < -0.39 is 6.29 Å². The van der Waals surface area contributed by atoms with E-state index in [0.717, 1.165) is 0 Å². The van der Waals surface area contributed by atoms with Gasteiger partial charge in [-0.25, -0.2) is 0 Å². The van der Waals surface area contributed by atoms with Crippen molar-refractivity contribution in [2.45, 2.75) is 6.29 Å². The second kappa shape index (κ2) is 3.32. The molecule has 4 nitrogen and oxygen atoms in total. The van der Waals surface area contributed by atoms with E-state index in [1.54, 1.807) is 12.1 Å². The Morgan fingerprint density at radius 2 is 2.27 bits per heavy atom. The van der Waals surface area contributed by atoms with Gasteiger partial charge in [-0.3, -0.25) is 4.98 Å². The van der Waals surface area contributed by atoms with Crippen molar-refractivity contribution in [1.29, 1.82) is 0 Å². The second-order valence-corrected chi connectivity index (χ2v) is 1.96. The highest BCUT2D eigenvalue weighted by molar-refractivity contribution is 5.27. The lowest BCUT2D eigenvalue weighted by Gasteiger charge is -2.07. The number of rotatable bonds is 2. The van der Waals surface area contributed by atoms with Gasteiger partial charge in [0.2, 0.25) is 0 Å². The number of aliphatic hydroxyl groups is 2. The minimum absolute atomic E-state index is 0.134. The van der Waals surface area contributed by atoms with Gasteiger partial charge in [-0.15, -0.1) is 0 Å². The van der Waals surface area contributed by atoms with Gasteiger partial charge >= 0.3 is 0 Å². The Hall–Kier alpha value is -1.13. The standard InChI is InChI=1S/C7H9NO3/c1-11-5-3-2-4-8-6(5)7(9)10/h2-4,7,9-10H,1H3. The Kier molecular flexibility index (Phi) is 2.40. The molecule has 0 saturated heterocycles. The smallest absolute Gasteiger partial charge is 0.199 e. The predicted octanol–water partition coefficient (Wildman–Crippen LogP) is 0.0734. The maximum atomic E-state index is 8.75. The Morgan fingerprint density at radius 3 is 2.73 bits per heavy atom. The Morgan fingerprint density at radius 1 is 1.55 bits per heavy atom. The van der Waals surface area contributed by atoms with Gasteiger partial charge in [0.25, 0.3) is 0 Å². The molecule has 0 fully saturated rings. The number of hydrogen-bond donors (Lipinski definition) is 2. The fourth-order valence-electron chi connectivity index (χ4n) is 0.769. The first-order chi connectivity index (χ1) is 5.25. The lowest BCUT2D eigenvalue weighted by molar-refractivity contribution is -0.0473. The van der Waals surface area contributed by atoms with Gasteiger partial charge in [-0.05, 0) is 12.1 Å². The Bertz CT molecular complexity index is 237. The lowest BCUT2D eigenvalue weighted by Crippen LogP contribution is -2.01. The zero-order chi connectivity index (χ0) is 8.27. The summed E-state index contributed by atoms with van der Waals surface area (Å²) in [6.07, 6.45) is -0.108. The largest absolute Gasteiger partial charge is 0.495 e. The van der Waals surface area contributed by atoms with Crippen LogP contribution in [0, 0.1) is 0 Å². The zero-order valence-electron chi connectivity index (χ0n) is 6.06. The molecule has 0 aliphatic rings. The normalized spacial score (nSPS) is 10.2. The molecule has 1 aromatic rings. The lowest BCUT2D eigenvalue weighted by atomic mass is 10.3. The molecule has 1 aromatic heterocycles. The first-order valence-electron chi connectivity index (χ1n) is 3.10. The van der Waals surface area contributed by atoms with Crippen molar-refractivity contribution in [2.75, 3.05) is 7.11 Å². The first kappa shape index (κ1) is 7.97. The summed E-state index contributed by atoms with van der Waals surface area (Å²) in [5.74, 6) is 0.377. The Balaban J connectivity index is 3.02. The number of methoxy groups -OCH3 is 1. The van der Waals surface area contributed by atoms with E-state index in [2.05, 4.69) is 4.98 Å². The summed E-state index contributed by atoms with van der Waals surface area (Å²) in [6, 6.07) is 3.27. The van der Waals surface area contributed by atoms with E-state index in [1.165, 1.54) is 13.3 Å². The van der Waals surface area contributed by atoms with Crippen LogP contribution >= 0.6 is 0 Å². The SMILES string of the molecule is COc1cccnc1C(O)O. The maximum absolute atomic E-state index is 8.75. The van der Waals surface area contributed by atoms with E-state index in [-0.39, 0.29) is 5.69 Å². The fourth-order valence-corrected chi connectivity index (χ4v) is 0.769. The summed E-state index contributed by atoms with van der Waals surface area (Å²) in [5.41, 5.74) is 0.134. The minimum Gasteiger partial charge on any atom is -0.495 e. The van der Waals surface area contributed by atoms with Crippen molar-refractivity contribution in [3.05, 3.63) is 24.0 Å². The van der Waals surface area contributed by atoms with Crippen LogP contribution in [0.3, 0.4) is 0 Å². The molecule has 60 valence electrons. The second-order valence-electron chi connectivity index (χ2n) is 1.96. The highest BCUT2D eigenvalue weighted by Crippen LogP contribution is 2.19. The highest BCUT2D eigenvalue weighted by atomic mass is 16.5. The Labute approximate surface area is 64.1 Å². The molecule has 1 rings (SSSR count). The van der Waals surface area contributed by atoms with Crippen molar-refractivity contribution < 1.29 is 14.9 Å². The van der Waals surface area contributed by atoms with Crippen LogP contribution in [0.5, 0.6) is 5.75 Å². The molecule has 0 saturated carbocycles. The molecule has 0 aliphatic carbocycles. The number of aromatic nitrogens is 1. The van der Waals surface area contributed by atoms with Crippen LogP contribution in [0.2, 0.25) is 0 Å². The monoisotopic (exact) mass is 155 g/mol. The molecule has 0 unspecified atom stereocenters. The quantitative estimate of drug-likeness (QED) is 0.593. The molecule has 0 aliphatic heterocycles. The molecule has 2 N–H and O–H groups in total. The summed E-state index contributed by atoms with van der Waals surface area (Å²) in [6.45, 7) is 0. The molecule has 1 heterocycles. The van der Waals surface area contributed by atoms with Crippen LogP contribution < -0.4 is 4.74 Å². The molecule has 0 atom stereocenters. The third-order valence-corrected chi connectivity index (χ3v) is 1.26. The fraction of sp³-hybridized carbons (Fsp3) is 0.286. The molecule has 11 heavy (non-hydrogen) atoms. The molecule has 0 amide bonds. The molecule has 0 bridgehead atoms. The van der Waals surface area contributed by atoms with Crippen LogP contribution in [0.15, 0.2) is 18.3 Å². The number of nitrogens with zero attached hydrogens (tertiary/aromatic N) is 1. The van der Waals surface area contributed by atoms with E-state index in [9.17, 15) is 0 Å². The molecule has 0 aromatic carbocycles. The summed E-state index contributed by atoms with van der Waals surface area (Å²) in [4.78, 5) is 3.72. The van der Waals surface area contributed by atoms with Gasteiger partial charge in [0.15, 0.2) is 6.29 Å². The molecule has 0 spiro atoms. The van der Waals surface area contributed by atoms with Gasteiger partial charge in [0.1, 0.15) is 11.4 Å². The van der Waals surface area contributed by atoms with Crippen molar-refractivity contribution in [3.8, 4) is 5.75 Å². The van der Waals surface area contributed by atoms with Crippen LogP contribution in [-0.2, 0) is 0 Å². The van der Waals surface area contributed by atoms with Crippen molar-refractivity contribution in [3.63, 3.8) is 0 Å². The summed E-state index contributed by atoms with van der Waals surface area (Å²) in [7, 11) is 1.45. The number of pyridine rings is 1. The molecule has 4 heteroatoms. The first-order valence-corrected chi connectivity index (χ1v) is 3.10. The number of aliphatic hydroxyl groups excluding tert-OH is 1. The van der Waals surface area contributed by atoms with Crippen LogP contribution in [0.25, 0.3) is 0 Å². The van der Waals surface area contributed by atoms with Gasteiger partial charge in [-0.1, -0.05) is 0 Å². The van der Waals surface area contributed by atoms with Crippen LogP contribution in [-0.4, -0.2) is 22.3 Å². The van der Waals surface area contributed by atoms with Gasteiger partial charge in [0.05, 0.1) is 7.11 Å². The van der Waals surface area contributed by atoms with E-state index >= 15 is 0 Å². The van der Waals surface area contributed by atoms with Gasteiger partial charge in [-0.2, -0.15) is 0 Å². The van der Waals surface area contributed by atoms with Gasteiger partial charge < -0.3 is 14.9 Å². The van der Waals surface area contributed by atoms with Crippen molar-refractivity contribution in [2.24, 2.45) is 0 Å². The van der Waals surface area contributed by atoms with Crippen LogP contribution in [0.4, 0.5) is 0 Å². The maximum Gasteiger partial charge on any atom is 0.199 e. The summed E-state index contributed by atoms with van der Waals surface area (Å²) < 4.78 is 4.82. The predicted molar refractivity (Wildman–Crippen MR) is 38.0 cm³/mol. The summed E-state index contributed by atoms with van der Waals surface area (Å²) in [5, 5.41) is 17.5. The zero-order valence-corrected chi connectivity index (χ0v) is 6.06. The third-order valence-electron chi connectivity index (χ3n) is 1.26. The number of hydrogen-bond acceptors (Lipinski definition) is 4. The summed E-state index contributed by atoms with van der Waals surface area (Å²) >= 11 is 0. The van der Waals surface area contributed by atoms with Crippen LogP contribution in [0.1, 0.15) is 12.0 Å². The highest BCUT2D eigenvalue weighted by Gasteiger charge is 2.09. The average Bonchev–Trinajstić information content (AvgIpc) is 2.04. The third kappa shape index (κ3) is 1.66. The molecular weight excluding hydrogens is 146 g/mol. The number of ether oxygens (including phenoxy) is 1. The molecular formula is C7H9NO3. The van der Waals surface area contributed by atoms with E-state index in [4.69, 9.17) is 14.9 Å².